The minimum atomic E-state index is 0.0472. The van der Waals surface area contributed by atoms with E-state index in [0.29, 0.717) is 37.6 Å². The van der Waals surface area contributed by atoms with Crippen LogP contribution in [0, 0.1) is 5.41 Å². The number of aromatic nitrogens is 2. The number of nitrogens with two attached hydrogens (primary N) is 2. The van der Waals surface area contributed by atoms with Crippen molar-refractivity contribution >= 4 is 28.5 Å². The fourth-order valence-corrected chi connectivity index (χ4v) is 3.77. The van der Waals surface area contributed by atoms with E-state index in [2.05, 4.69) is 14.9 Å². The number of amidine groups is 1. The number of carbonyl (C=O) groups is 1. The summed E-state index contributed by atoms with van der Waals surface area (Å²) in [5.74, 6) is 0.574. The summed E-state index contributed by atoms with van der Waals surface area (Å²) in [6, 6.07) is 13.5. The molecule has 9 heteroatoms. The highest BCUT2D eigenvalue weighted by Crippen LogP contribution is 2.18. The third-order valence-electron chi connectivity index (χ3n) is 5.56. The summed E-state index contributed by atoms with van der Waals surface area (Å²) in [5, 5.41) is 8.41. The zero-order valence-corrected chi connectivity index (χ0v) is 17.8. The Bertz CT molecular complexity index is 1130. The predicted molar refractivity (Wildman–Crippen MR) is 123 cm³/mol. The van der Waals surface area contributed by atoms with Crippen molar-refractivity contribution in [3.8, 4) is 0 Å². The van der Waals surface area contributed by atoms with Gasteiger partial charge in [0, 0.05) is 30.6 Å². The maximum absolute atomic E-state index is 12.5. The Balaban J connectivity index is 1.22. The van der Waals surface area contributed by atoms with E-state index in [4.69, 9.17) is 21.6 Å². The molecule has 0 spiro atoms. The molecule has 0 aliphatic carbocycles. The van der Waals surface area contributed by atoms with Gasteiger partial charge in [0.2, 0.25) is 5.91 Å². The third-order valence-corrected chi connectivity index (χ3v) is 5.56. The molecule has 2 aromatic carbocycles. The second-order valence-corrected chi connectivity index (χ2v) is 7.88. The molecule has 1 saturated heterocycles. The van der Waals surface area contributed by atoms with Crippen LogP contribution in [0.3, 0.4) is 0 Å². The van der Waals surface area contributed by atoms with Crippen LogP contribution in [0.2, 0.25) is 0 Å². The molecule has 0 atom stereocenters. The standard InChI is InChI=1S/C23H27N7O2/c24-22(25)18-3-1-2-17(10-18)12-29-7-8-30(21(31)13-29)15-32-9-6-16-4-5-19-20(11-16)27-14-28-23(19)26/h1-5,10-11,14H,6-9,12-13,15H2,(H3,24,25)(H2,26,27,28). The SMILES string of the molecule is N=C(N)c1cccc(CN2CCN(COCCc3ccc4c(N)ncnc4c3)C(=O)C2)c1. The number of amides is 1. The van der Waals surface area contributed by atoms with Crippen LogP contribution in [0.15, 0.2) is 48.8 Å². The lowest BCUT2D eigenvalue weighted by atomic mass is 10.1. The average Bonchev–Trinajstić information content (AvgIpc) is 2.78. The molecule has 32 heavy (non-hydrogen) atoms. The van der Waals surface area contributed by atoms with Gasteiger partial charge in [-0.25, -0.2) is 9.97 Å². The van der Waals surface area contributed by atoms with E-state index in [1.807, 2.05) is 42.5 Å². The summed E-state index contributed by atoms with van der Waals surface area (Å²) in [6.45, 7) is 3.19. The number of benzene rings is 2. The van der Waals surface area contributed by atoms with Crippen LogP contribution in [-0.2, 0) is 22.5 Å². The molecule has 1 aliphatic heterocycles. The van der Waals surface area contributed by atoms with E-state index in [9.17, 15) is 4.79 Å². The van der Waals surface area contributed by atoms with Crippen molar-refractivity contribution in [3.63, 3.8) is 0 Å². The number of piperazine rings is 1. The van der Waals surface area contributed by atoms with Gasteiger partial charge >= 0.3 is 0 Å². The van der Waals surface area contributed by atoms with Crippen LogP contribution in [0.1, 0.15) is 16.7 Å². The Morgan fingerprint density at radius 3 is 2.81 bits per heavy atom. The Labute approximate surface area is 186 Å². The van der Waals surface area contributed by atoms with Crippen molar-refractivity contribution in [1.29, 1.82) is 5.41 Å². The lowest BCUT2D eigenvalue weighted by Gasteiger charge is -2.34. The minimum Gasteiger partial charge on any atom is -0.384 e. The molecule has 0 saturated carbocycles. The van der Waals surface area contributed by atoms with Gasteiger partial charge in [-0.2, -0.15) is 0 Å². The number of nitrogens with one attached hydrogen (secondary N) is 1. The summed E-state index contributed by atoms with van der Waals surface area (Å²) in [6.07, 6.45) is 2.18. The summed E-state index contributed by atoms with van der Waals surface area (Å²) >= 11 is 0. The maximum Gasteiger partial charge on any atom is 0.238 e. The van der Waals surface area contributed by atoms with Crippen molar-refractivity contribution in [3.05, 3.63) is 65.5 Å². The third kappa shape index (κ3) is 5.19. The number of nitrogens with zero attached hydrogens (tertiary/aromatic N) is 4. The van der Waals surface area contributed by atoms with E-state index < -0.39 is 0 Å². The molecular weight excluding hydrogens is 406 g/mol. The first-order chi connectivity index (χ1) is 15.5. The van der Waals surface area contributed by atoms with Gasteiger partial charge in [0.15, 0.2) is 0 Å². The Morgan fingerprint density at radius 2 is 2.00 bits per heavy atom. The Morgan fingerprint density at radius 1 is 1.12 bits per heavy atom. The van der Waals surface area contributed by atoms with Gasteiger partial charge in [0.1, 0.15) is 24.7 Å². The highest BCUT2D eigenvalue weighted by Gasteiger charge is 2.23. The second kappa shape index (κ2) is 9.71. The lowest BCUT2D eigenvalue weighted by Crippen LogP contribution is -2.50. The van der Waals surface area contributed by atoms with Crippen LogP contribution < -0.4 is 11.5 Å². The molecule has 5 N–H and O–H groups in total. The number of hydrogen-bond donors (Lipinski definition) is 3. The zero-order chi connectivity index (χ0) is 22.5. The van der Waals surface area contributed by atoms with E-state index in [0.717, 1.165) is 35.0 Å². The molecule has 1 aromatic heterocycles. The summed E-state index contributed by atoms with van der Waals surface area (Å²) in [5.41, 5.74) is 15.1. The monoisotopic (exact) mass is 433 g/mol. The quantitative estimate of drug-likeness (QED) is 0.277. The first-order valence-corrected chi connectivity index (χ1v) is 10.5. The number of hydrogen-bond acceptors (Lipinski definition) is 7. The van der Waals surface area contributed by atoms with Crippen molar-refractivity contribution in [2.45, 2.75) is 13.0 Å². The number of ether oxygens (including phenoxy) is 1. The highest BCUT2D eigenvalue weighted by atomic mass is 16.5. The fourth-order valence-electron chi connectivity index (χ4n) is 3.77. The van der Waals surface area contributed by atoms with Gasteiger partial charge in [-0.1, -0.05) is 24.3 Å². The van der Waals surface area contributed by atoms with Crippen LogP contribution in [0.25, 0.3) is 10.9 Å². The number of anilines is 1. The van der Waals surface area contributed by atoms with Crippen LogP contribution >= 0.6 is 0 Å². The van der Waals surface area contributed by atoms with E-state index in [1.165, 1.54) is 6.33 Å². The highest BCUT2D eigenvalue weighted by molar-refractivity contribution is 5.95. The van der Waals surface area contributed by atoms with Crippen molar-refractivity contribution < 1.29 is 9.53 Å². The largest absolute Gasteiger partial charge is 0.384 e. The molecule has 9 nitrogen and oxygen atoms in total. The fraction of sp³-hybridized carbons (Fsp3) is 0.304. The van der Waals surface area contributed by atoms with Crippen LogP contribution in [-0.4, -0.2) is 64.5 Å². The van der Waals surface area contributed by atoms with E-state index in [1.54, 1.807) is 4.90 Å². The molecule has 1 amide bonds. The normalized spacial score (nSPS) is 14.8. The second-order valence-electron chi connectivity index (χ2n) is 7.88. The van der Waals surface area contributed by atoms with Crippen molar-refractivity contribution in [2.24, 2.45) is 5.73 Å². The lowest BCUT2D eigenvalue weighted by molar-refractivity contribution is -0.142. The Kier molecular flexibility index (Phi) is 6.58. The van der Waals surface area contributed by atoms with Crippen molar-refractivity contribution in [2.75, 3.05) is 38.7 Å². The topological polar surface area (TPSA) is 134 Å². The van der Waals surface area contributed by atoms with Gasteiger partial charge in [-0.05, 0) is 35.7 Å². The summed E-state index contributed by atoms with van der Waals surface area (Å²) in [7, 11) is 0. The summed E-state index contributed by atoms with van der Waals surface area (Å²) in [4.78, 5) is 24.6. The molecule has 3 aromatic rings. The number of carbonyl (C=O) groups excluding carboxylic acids is 1. The van der Waals surface area contributed by atoms with Gasteiger partial charge in [-0.3, -0.25) is 15.1 Å². The smallest absolute Gasteiger partial charge is 0.238 e. The molecule has 0 radical (unpaired) electrons. The van der Waals surface area contributed by atoms with Crippen LogP contribution in [0.5, 0.6) is 0 Å². The van der Waals surface area contributed by atoms with E-state index >= 15 is 0 Å². The molecule has 166 valence electrons. The van der Waals surface area contributed by atoms with Gasteiger partial charge in [0.05, 0.1) is 18.7 Å². The molecule has 0 unspecified atom stereocenters. The number of nitrogen functional groups attached to an aromatic ring is 2. The van der Waals surface area contributed by atoms with E-state index in [-0.39, 0.29) is 18.5 Å². The number of rotatable bonds is 8. The molecule has 1 aliphatic rings. The predicted octanol–water partition coefficient (Wildman–Crippen LogP) is 1.36. The van der Waals surface area contributed by atoms with Crippen LogP contribution in [0.4, 0.5) is 5.82 Å². The molecule has 1 fully saturated rings. The average molecular weight is 434 g/mol. The Hall–Kier alpha value is -3.56. The zero-order valence-electron chi connectivity index (χ0n) is 17.8. The molecule has 4 rings (SSSR count). The first-order valence-electron chi connectivity index (χ1n) is 10.5. The maximum atomic E-state index is 12.5. The molecular formula is C23H27N7O2. The van der Waals surface area contributed by atoms with Gasteiger partial charge < -0.3 is 21.1 Å². The number of fused-ring (bicyclic) bond motifs is 1. The molecule has 2 heterocycles. The van der Waals surface area contributed by atoms with Crippen molar-refractivity contribution in [1.82, 2.24) is 19.8 Å². The summed E-state index contributed by atoms with van der Waals surface area (Å²) < 4.78 is 5.77. The van der Waals surface area contributed by atoms with Gasteiger partial charge in [0.25, 0.3) is 0 Å². The first kappa shape index (κ1) is 21.7. The minimum absolute atomic E-state index is 0.0472. The molecule has 0 bridgehead atoms. The van der Waals surface area contributed by atoms with Gasteiger partial charge in [-0.15, -0.1) is 0 Å².